The average Bonchev–Trinajstić information content (AvgIpc) is 2.62. The second-order valence-corrected chi connectivity index (χ2v) is 6.15. The molecule has 2 aromatic rings. The lowest BCUT2D eigenvalue weighted by Crippen LogP contribution is -2.27. The number of hydrogen-bond donors (Lipinski definition) is 0. The first-order chi connectivity index (χ1) is 11.8. The van der Waals surface area contributed by atoms with E-state index in [1.807, 2.05) is 0 Å². The van der Waals surface area contributed by atoms with Gasteiger partial charge in [-0.25, -0.2) is 0 Å². The molecule has 0 radical (unpaired) electrons. The van der Waals surface area contributed by atoms with Crippen LogP contribution in [0.3, 0.4) is 0 Å². The van der Waals surface area contributed by atoms with E-state index in [1.165, 1.54) is 29.5 Å². The Morgan fingerprint density at radius 1 is 0.792 bits per heavy atom. The molecule has 0 aliphatic rings. The second-order valence-electron chi connectivity index (χ2n) is 6.15. The maximum absolute atomic E-state index is 2.55. The summed E-state index contributed by atoms with van der Waals surface area (Å²) in [5.41, 5.74) is 3.86. The van der Waals surface area contributed by atoms with Gasteiger partial charge in [-0.2, -0.15) is 0 Å². The van der Waals surface area contributed by atoms with Gasteiger partial charge in [0.05, 0.1) is 0 Å². The summed E-state index contributed by atoms with van der Waals surface area (Å²) in [7, 11) is 0. The van der Waals surface area contributed by atoms with Crippen molar-refractivity contribution in [3.8, 4) is 0 Å². The number of rotatable bonds is 9. The molecule has 0 aliphatic carbocycles. The number of benzene rings is 2. The van der Waals surface area contributed by atoms with E-state index in [1.54, 1.807) is 0 Å². The lowest BCUT2D eigenvalue weighted by atomic mass is 10.1. The van der Waals surface area contributed by atoms with Crippen LogP contribution in [-0.4, -0.2) is 24.5 Å². The summed E-state index contributed by atoms with van der Waals surface area (Å²) in [6.45, 7) is 7.81. The van der Waals surface area contributed by atoms with Gasteiger partial charge < -0.3 is 0 Å². The van der Waals surface area contributed by atoms with Gasteiger partial charge in [-0.1, -0.05) is 92.7 Å². The van der Waals surface area contributed by atoms with Gasteiger partial charge in [0.25, 0.3) is 0 Å². The Hall–Kier alpha value is -2.12. The van der Waals surface area contributed by atoms with Gasteiger partial charge in [0, 0.05) is 6.54 Å². The fourth-order valence-corrected chi connectivity index (χ4v) is 2.84. The SMILES string of the molecule is CCCN(CCC)CC(C=Cc1ccccc1)=Cc1ccccc1. The number of hydrogen-bond acceptors (Lipinski definition) is 1. The highest BCUT2D eigenvalue weighted by molar-refractivity contribution is 5.61. The van der Waals surface area contributed by atoms with E-state index in [0.717, 1.165) is 19.6 Å². The van der Waals surface area contributed by atoms with Gasteiger partial charge in [-0.3, -0.25) is 4.90 Å². The highest BCUT2D eigenvalue weighted by Crippen LogP contribution is 2.13. The lowest BCUT2D eigenvalue weighted by Gasteiger charge is -2.21. The van der Waals surface area contributed by atoms with E-state index in [2.05, 4.69) is 97.6 Å². The van der Waals surface area contributed by atoms with Crippen LogP contribution in [0.15, 0.2) is 72.3 Å². The van der Waals surface area contributed by atoms with E-state index in [0.29, 0.717) is 0 Å². The van der Waals surface area contributed by atoms with Crippen LogP contribution in [0.2, 0.25) is 0 Å². The van der Waals surface area contributed by atoms with Gasteiger partial charge in [-0.05, 0) is 42.6 Å². The molecule has 0 saturated carbocycles. The minimum atomic E-state index is 1.000. The number of nitrogens with zero attached hydrogens (tertiary/aromatic N) is 1. The van der Waals surface area contributed by atoms with Crippen molar-refractivity contribution >= 4 is 12.2 Å². The second kappa shape index (κ2) is 10.6. The van der Waals surface area contributed by atoms with Crippen LogP contribution in [0.25, 0.3) is 12.2 Å². The first kappa shape index (κ1) is 18.2. The Morgan fingerprint density at radius 2 is 1.33 bits per heavy atom. The zero-order valence-electron chi connectivity index (χ0n) is 15.0. The summed E-state index contributed by atoms with van der Waals surface area (Å²) in [6, 6.07) is 21.1. The zero-order chi connectivity index (χ0) is 17.0. The third kappa shape index (κ3) is 6.55. The molecule has 0 spiro atoms. The normalized spacial score (nSPS) is 12.2. The predicted octanol–water partition coefficient (Wildman–Crippen LogP) is 5.91. The molecule has 0 bridgehead atoms. The molecule has 0 atom stereocenters. The maximum atomic E-state index is 2.55. The Bertz CT molecular complexity index is 620. The van der Waals surface area contributed by atoms with Crippen molar-refractivity contribution in [2.75, 3.05) is 19.6 Å². The Morgan fingerprint density at radius 3 is 1.88 bits per heavy atom. The molecule has 0 N–H and O–H groups in total. The van der Waals surface area contributed by atoms with E-state index in [4.69, 9.17) is 0 Å². The van der Waals surface area contributed by atoms with Gasteiger partial charge >= 0.3 is 0 Å². The van der Waals surface area contributed by atoms with E-state index < -0.39 is 0 Å². The van der Waals surface area contributed by atoms with Gasteiger partial charge in [0.2, 0.25) is 0 Å². The quantitative estimate of drug-likeness (QED) is 0.520. The molecule has 0 amide bonds. The first-order valence-corrected chi connectivity index (χ1v) is 9.03. The van der Waals surface area contributed by atoms with Crippen molar-refractivity contribution in [3.63, 3.8) is 0 Å². The fourth-order valence-electron chi connectivity index (χ4n) is 2.84. The molecule has 1 heteroatoms. The Labute approximate surface area is 147 Å². The minimum Gasteiger partial charge on any atom is -0.299 e. The summed E-state index contributed by atoms with van der Waals surface area (Å²) in [6.07, 6.45) is 9.17. The summed E-state index contributed by atoms with van der Waals surface area (Å²) in [5.74, 6) is 0. The topological polar surface area (TPSA) is 3.24 Å². The Kier molecular flexibility index (Phi) is 8.06. The van der Waals surface area contributed by atoms with Crippen LogP contribution in [0.1, 0.15) is 37.8 Å². The van der Waals surface area contributed by atoms with Crippen molar-refractivity contribution in [2.45, 2.75) is 26.7 Å². The highest BCUT2D eigenvalue weighted by Gasteiger charge is 2.05. The van der Waals surface area contributed by atoms with Crippen molar-refractivity contribution in [3.05, 3.63) is 83.4 Å². The third-order valence-corrected chi connectivity index (χ3v) is 3.93. The van der Waals surface area contributed by atoms with Crippen LogP contribution < -0.4 is 0 Å². The largest absolute Gasteiger partial charge is 0.299 e. The van der Waals surface area contributed by atoms with Crippen molar-refractivity contribution in [1.82, 2.24) is 4.90 Å². The molecule has 0 aliphatic heterocycles. The lowest BCUT2D eigenvalue weighted by molar-refractivity contribution is 0.300. The monoisotopic (exact) mass is 319 g/mol. The standard InChI is InChI=1S/C23H29N/c1-3-17-24(18-4-2)20-23(19-22-13-9-6-10-14-22)16-15-21-11-7-5-8-12-21/h5-16,19H,3-4,17-18,20H2,1-2H3. The summed E-state index contributed by atoms with van der Waals surface area (Å²) < 4.78 is 0. The summed E-state index contributed by atoms with van der Waals surface area (Å²) in [4.78, 5) is 2.55. The van der Waals surface area contributed by atoms with Crippen molar-refractivity contribution in [1.29, 1.82) is 0 Å². The van der Waals surface area contributed by atoms with E-state index >= 15 is 0 Å². The molecule has 24 heavy (non-hydrogen) atoms. The molecule has 2 rings (SSSR count). The predicted molar refractivity (Wildman–Crippen MR) is 107 cm³/mol. The smallest absolute Gasteiger partial charge is 0.0233 e. The molecule has 0 unspecified atom stereocenters. The molecule has 0 fully saturated rings. The third-order valence-electron chi connectivity index (χ3n) is 3.93. The van der Waals surface area contributed by atoms with Gasteiger partial charge in [-0.15, -0.1) is 0 Å². The molecule has 126 valence electrons. The zero-order valence-corrected chi connectivity index (χ0v) is 15.0. The molecule has 1 nitrogen and oxygen atoms in total. The molecular formula is C23H29N. The molecule has 2 aromatic carbocycles. The average molecular weight is 319 g/mol. The Balaban J connectivity index is 2.20. The van der Waals surface area contributed by atoms with Crippen LogP contribution in [-0.2, 0) is 0 Å². The van der Waals surface area contributed by atoms with E-state index in [-0.39, 0.29) is 0 Å². The van der Waals surface area contributed by atoms with Crippen molar-refractivity contribution in [2.24, 2.45) is 0 Å². The highest BCUT2D eigenvalue weighted by atomic mass is 15.1. The molecule has 0 saturated heterocycles. The van der Waals surface area contributed by atoms with Crippen LogP contribution in [0.5, 0.6) is 0 Å². The fraction of sp³-hybridized carbons (Fsp3) is 0.304. The molecular weight excluding hydrogens is 290 g/mol. The minimum absolute atomic E-state index is 1.000. The summed E-state index contributed by atoms with van der Waals surface area (Å²) in [5, 5.41) is 0. The summed E-state index contributed by atoms with van der Waals surface area (Å²) >= 11 is 0. The van der Waals surface area contributed by atoms with E-state index in [9.17, 15) is 0 Å². The van der Waals surface area contributed by atoms with Gasteiger partial charge in [0.1, 0.15) is 0 Å². The van der Waals surface area contributed by atoms with Crippen molar-refractivity contribution < 1.29 is 0 Å². The van der Waals surface area contributed by atoms with Crippen LogP contribution in [0.4, 0.5) is 0 Å². The van der Waals surface area contributed by atoms with Crippen LogP contribution in [0, 0.1) is 0 Å². The molecule has 0 aromatic heterocycles. The molecule has 0 heterocycles. The maximum Gasteiger partial charge on any atom is 0.0233 e. The van der Waals surface area contributed by atoms with Crippen LogP contribution >= 0.6 is 0 Å². The van der Waals surface area contributed by atoms with Gasteiger partial charge in [0.15, 0.2) is 0 Å². The first-order valence-electron chi connectivity index (χ1n) is 9.03.